The third-order valence-corrected chi connectivity index (χ3v) is 5.38. The van der Waals surface area contributed by atoms with Crippen molar-refractivity contribution >= 4 is 27.5 Å². The van der Waals surface area contributed by atoms with Gasteiger partial charge in [-0.3, -0.25) is 9.36 Å². The molecule has 0 saturated heterocycles. The highest BCUT2D eigenvalue weighted by atomic mass is 32.1. The zero-order chi connectivity index (χ0) is 16.4. The van der Waals surface area contributed by atoms with Gasteiger partial charge in [-0.2, -0.15) is 0 Å². The number of aryl methyl sites for hydroxylation is 1. The fraction of sp³-hybridized carbons (Fsp3) is 0.562. The highest BCUT2D eigenvalue weighted by Gasteiger charge is 2.24. The minimum atomic E-state index is -0.338. The Morgan fingerprint density at radius 1 is 1.39 bits per heavy atom. The monoisotopic (exact) mass is 336 g/mol. The number of nitrogens with zero attached hydrogens (tertiary/aromatic N) is 2. The fourth-order valence-electron chi connectivity index (χ4n) is 2.97. The third-order valence-electron chi connectivity index (χ3n) is 4.20. The second-order valence-electron chi connectivity index (χ2n) is 5.84. The first-order valence-electron chi connectivity index (χ1n) is 7.80. The van der Waals surface area contributed by atoms with Gasteiger partial charge in [-0.05, 0) is 38.2 Å². The summed E-state index contributed by atoms with van der Waals surface area (Å²) in [5, 5.41) is 0.477. The molecule has 0 radical (unpaired) electrons. The van der Waals surface area contributed by atoms with Crippen LogP contribution in [0.5, 0.6) is 0 Å². The first kappa shape index (κ1) is 16.1. The first-order chi connectivity index (χ1) is 11.1. The Morgan fingerprint density at radius 2 is 2.13 bits per heavy atom. The number of hydrogen-bond donors (Lipinski definition) is 0. The van der Waals surface area contributed by atoms with E-state index in [4.69, 9.17) is 9.47 Å². The summed E-state index contributed by atoms with van der Waals surface area (Å²) in [5.74, 6) is -0.338. The van der Waals surface area contributed by atoms with Gasteiger partial charge in [-0.25, -0.2) is 9.78 Å². The number of thiophene rings is 1. The predicted octanol–water partition coefficient (Wildman–Crippen LogP) is 2.86. The quantitative estimate of drug-likeness (QED) is 0.803. The third kappa shape index (κ3) is 3.16. The maximum Gasteiger partial charge on any atom is 0.348 e. The van der Waals surface area contributed by atoms with Gasteiger partial charge < -0.3 is 9.47 Å². The molecule has 0 N–H and O–H groups in total. The van der Waals surface area contributed by atoms with Crippen molar-refractivity contribution < 1.29 is 14.3 Å². The van der Waals surface area contributed by atoms with Crippen LogP contribution in [-0.4, -0.2) is 28.7 Å². The van der Waals surface area contributed by atoms with Gasteiger partial charge in [0.05, 0.1) is 5.39 Å². The molecule has 0 atom stereocenters. The van der Waals surface area contributed by atoms with Crippen molar-refractivity contribution in [3.05, 3.63) is 27.1 Å². The van der Waals surface area contributed by atoms with Crippen LogP contribution in [0.1, 0.15) is 47.3 Å². The Labute approximate surface area is 138 Å². The van der Waals surface area contributed by atoms with E-state index in [9.17, 15) is 9.59 Å². The van der Waals surface area contributed by atoms with Gasteiger partial charge in [0.15, 0.2) is 0 Å². The molecule has 124 valence electrons. The molecule has 0 spiro atoms. The van der Waals surface area contributed by atoms with Crippen LogP contribution < -0.4 is 5.56 Å². The molecule has 2 heterocycles. The van der Waals surface area contributed by atoms with Crippen molar-refractivity contribution in [1.29, 1.82) is 0 Å². The Bertz CT molecular complexity index is 774. The van der Waals surface area contributed by atoms with E-state index in [1.807, 2.05) is 0 Å². The number of rotatable bonds is 4. The first-order valence-corrected chi connectivity index (χ1v) is 8.62. The molecule has 1 aliphatic carbocycles. The summed E-state index contributed by atoms with van der Waals surface area (Å²) in [6, 6.07) is 0. The number of carbonyl (C=O) groups is 1. The van der Waals surface area contributed by atoms with Crippen molar-refractivity contribution in [2.75, 3.05) is 7.11 Å². The van der Waals surface area contributed by atoms with Crippen LogP contribution >= 0.6 is 11.3 Å². The normalized spacial score (nSPS) is 15.9. The molecule has 0 amide bonds. The van der Waals surface area contributed by atoms with Crippen LogP contribution in [0.15, 0.2) is 11.1 Å². The highest BCUT2D eigenvalue weighted by Crippen LogP contribution is 2.29. The molecule has 0 unspecified atom stereocenters. The Balaban J connectivity index is 1.92. The standard InChI is InChI=1S/C16H20N2O4S/c1-10-12-14(17-8-18(9-21-2)15(12)19)23-13(10)16(20)22-11-6-4-3-5-7-11/h8,11H,3-7,9H2,1-2H3. The fourth-order valence-corrected chi connectivity index (χ4v) is 4.00. The molecule has 2 aromatic rings. The summed E-state index contributed by atoms with van der Waals surface area (Å²) in [4.78, 5) is 30.2. The smallest absolute Gasteiger partial charge is 0.348 e. The van der Waals surface area contributed by atoms with E-state index >= 15 is 0 Å². The minimum absolute atomic E-state index is 0.000953. The van der Waals surface area contributed by atoms with Crippen LogP contribution in [0.2, 0.25) is 0 Å². The molecule has 2 aromatic heterocycles. The molecule has 0 aromatic carbocycles. The lowest BCUT2D eigenvalue weighted by Crippen LogP contribution is -2.22. The van der Waals surface area contributed by atoms with Gasteiger partial charge in [0.2, 0.25) is 0 Å². The SMILES string of the molecule is COCn1cnc2sc(C(=O)OC3CCCCC3)c(C)c2c1=O. The van der Waals surface area contributed by atoms with E-state index in [2.05, 4.69) is 4.98 Å². The largest absolute Gasteiger partial charge is 0.458 e. The summed E-state index contributed by atoms with van der Waals surface area (Å²) >= 11 is 1.22. The van der Waals surface area contributed by atoms with E-state index in [0.29, 0.717) is 20.7 Å². The van der Waals surface area contributed by atoms with E-state index in [1.54, 1.807) is 6.92 Å². The average Bonchev–Trinajstić information content (AvgIpc) is 2.89. The van der Waals surface area contributed by atoms with Crippen LogP contribution in [0.3, 0.4) is 0 Å². The van der Waals surface area contributed by atoms with E-state index in [-0.39, 0.29) is 24.4 Å². The van der Waals surface area contributed by atoms with Gasteiger partial charge in [-0.15, -0.1) is 11.3 Å². The second kappa shape index (κ2) is 6.80. The zero-order valence-electron chi connectivity index (χ0n) is 13.3. The van der Waals surface area contributed by atoms with Crippen LogP contribution in [-0.2, 0) is 16.2 Å². The molecular formula is C16H20N2O4S. The molecule has 0 aliphatic heterocycles. The lowest BCUT2D eigenvalue weighted by Gasteiger charge is -2.21. The van der Waals surface area contributed by atoms with Crippen LogP contribution in [0, 0.1) is 6.92 Å². The van der Waals surface area contributed by atoms with Crippen molar-refractivity contribution in [3.8, 4) is 0 Å². The van der Waals surface area contributed by atoms with Gasteiger partial charge >= 0.3 is 5.97 Å². The summed E-state index contributed by atoms with van der Waals surface area (Å²) in [6.07, 6.45) is 6.71. The molecule has 0 bridgehead atoms. The Kier molecular flexibility index (Phi) is 4.77. The summed E-state index contributed by atoms with van der Waals surface area (Å²) in [6.45, 7) is 1.91. The molecule has 3 rings (SSSR count). The molecule has 6 nitrogen and oxygen atoms in total. The second-order valence-corrected chi connectivity index (χ2v) is 6.84. The molecule has 1 saturated carbocycles. The molecular weight excluding hydrogens is 316 g/mol. The lowest BCUT2D eigenvalue weighted by atomic mass is 9.98. The predicted molar refractivity (Wildman–Crippen MR) is 87.9 cm³/mol. The average molecular weight is 336 g/mol. The van der Waals surface area contributed by atoms with Gasteiger partial charge in [0, 0.05) is 7.11 Å². The van der Waals surface area contributed by atoms with E-state index < -0.39 is 0 Å². The van der Waals surface area contributed by atoms with Gasteiger partial charge in [0.1, 0.15) is 28.9 Å². The number of esters is 1. The zero-order valence-corrected chi connectivity index (χ0v) is 14.1. The van der Waals surface area contributed by atoms with Crippen molar-refractivity contribution in [2.45, 2.75) is 51.9 Å². The number of aromatic nitrogens is 2. The molecule has 7 heteroatoms. The van der Waals surface area contributed by atoms with Crippen molar-refractivity contribution in [2.24, 2.45) is 0 Å². The number of carbonyl (C=O) groups excluding carboxylic acids is 1. The number of fused-ring (bicyclic) bond motifs is 1. The van der Waals surface area contributed by atoms with Gasteiger partial charge in [-0.1, -0.05) is 6.42 Å². The topological polar surface area (TPSA) is 70.4 Å². The maximum absolute atomic E-state index is 12.5. The van der Waals surface area contributed by atoms with Crippen LogP contribution in [0.25, 0.3) is 10.2 Å². The van der Waals surface area contributed by atoms with Crippen molar-refractivity contribution in [1.82, 2.24) is 9.55 Å². The molecule has 1 fully saturated rings. The van der Waals surface area contributed by atoms with Gasteiger partial charge in [0.25, 0.3) is 5.56 Å². The van der Waals surface area contributed by atoms with Crippen LogP contribution in [0.4, 0.5) is 0 Å². The van der Waals surface area contributed by atoms with Crippen molar-refractivity contribution in [3.63, 3.8) is 0 Å². The number of hydrogen-bond acceptors (Lipinski definition) is 6. The number of ether oxygens (including phenoxy) is 2. The Hall–Kier alpha value is -1.73. The highest BCUT2D eigenvalue weighted by molar-refractivity contribution is 7.20. The summed E-state index contributed by atoms with van der Waals surface area (Å²) in [5.41, 5.74) is 0.455. The Morgan fingerprint density at radius 3 is 2.83 bits per heavy atom. The molecule has 23 heavy (non-hydrogen) atoms. The minimum Gasteiger partial charge on any atom is -0.458 e. The lowest BCUT2D eigenvalue weighted by molar-refractivity contribution is 0.0216. The number of methoxy groups -OCH3 is 1. The van der Waals surface area contributed by atoms with E-state index in [0.717, 1.165) is 25.7 Å². The van der Waals surface area contributed by atoms with E-state index in [1.165, 1.54) is 35.8 Å². The summed E-state index contributed by atoms with van der Waals surface area (Å²) < 4.78 is 12.0. The molecule has 1 aliphatic rings. The maximum atomic E-state index is 12.5. The summed E-state index contributed by atoms with van der Waals surface area (Å²) in [7, 11) is 1.52.